The lowest BCUT2D eigenvalue weighted by Crippen LogP contribution is -1.99. The van der Waals surface area contributed by atoms with Gasteiger partial charge >= 0.3 is 0 Å². The van der Waals surface area contributed by atoms with Gasteiger partial charge in [-0.2, -0.15) is 0 Å². The van der Waals surface area contributed by atoms with Crippen molar-refractivity contribution in [2.24, 2.45) is 0 Å². The van der Waals surface area contributed by atoms with Crippen LogP contribution in [0.3, 0.4) is 0 Å². The number of nitrogens with one attached hydrogen (secondary N) is 1. The third-order valence-electron chi connectivity index (χ3n) is 3.28. The summed E-state index contributed by atoms with van der Waals surface area (Å²) in [6.07, 6.45) is 0. The Balaban J connectivity index is 1.67. The molecular weight excluding hydrogens is 278 g/mol. The van der Waals surface area contributed by atoms with E-state index in [4.69, 9.17) is 9.15 Å². The predicted octanol–water partition coefficient (Wildman–Crippen LogP) is 3.67. The number of anilines is 1. The molecule has 5 nitrogen and oxygen atoms in total. The van der Waals surface area contributed by atoms with Gasteiger partial charge in [0.15, 0.2) is 0 Å². The zero-order valence-electron chi connectivity index (χ0n) is 12.5. The quantitative estimate of drug-likeness (QED) is 0.778. The third-order valence-corrected chi connectivity index (χ3v) is 3.28. The molecule has 0 saturated heterocycles. The Hall–Kier alpha value is -2.82. The number of methoxy groups -OCH3 is 1. The maximum atomic E-state index is 5.67. The second-order valence-electron chi connectivity index (χ2n) is 4.95. The molecule has 1 aromatic heterocycles. The summed E-state index contributed by atoms with van der Waals surface area (Å²) in [5, 5.41) is 11.4. The molecule has 0 unspecified atom stereocenters. The first-order chi connectivity index (χ1) is 10.7. The Morgan fingerprint density at radius 2 is 1.91 bits per heavy atom. The van der Waals surface area contributed by atoms with E-state index in [1.807, 2.05) is 55.5 Å². The van der Waals surface area contributed by atoms with Crippen molar-refractivity contribution in [2.75, 3.05) is 12.4 Å². The largest absolute Gasteiger partial charge is 0.497 e. The fraction of sp³-hybridized carbons (Fsp3) is 0.176. The lowest BCUT2D eigenvalue weighted by atomic mass is 10.1. The summed E-state index contributed by atoms with van der Waals surface area (Å²) in [6, 6.07) is 15.7. The van der Waals surface area contributed by atoms with Gasteiger partial charge in [-0.3, -0.25) is 0 Å². The number of nitrogens with zero attached hydrogens (tertiary/aromatic N) is 2. The van der Waals surface area contributed by atoms with Crippen molar-refractivity contribution in [2.45, 2.75) is 13.5 Å². The molecule has 0 aliphatic rings. The van der Waals surface area contributed by atoms with Crippen molar-refractivity contribution < 1.29 is 9.15 Å². The minimum atomic E-state index is 0.464. The van der Waals surface area contributed by atoms with Gasteiger partial charge in [0.1, 0.15) is 5.75 Å². The van der Waals surface area contributed by atoms with Crippen molar-refractivity contribution in [3.63, 3.8) is 0 Å². The van der Waals surface area contributed by atoms with Crippen molar-refractivity contribution in [3.05, 3.63) is 60.0 Å². The maximum absolute atomic E-state index is 5.67. The monoisotopic (exact) mass is 295 g/mol. The highest BCUT2D eigenvalue weighted by Crippen LogP contribution is 2.20. The Labute approximate surface area is 129 Å². The summed E-state index contributed by atoms with van der Waals surface area (Å²) in [4.78, 5) is 0. The van der Waals surface area contributed by atoms with Gasteiger partial charge in [-0.15, -0.1) is 10.2 Å². The molecule has 22 heavy (non-hydrogen) atoms. The van der Waals surface area contributed by atoms with E-state index in [0.29, 0.717) is 18.3 Å². The molecule has 0 aliphatic heterocycles. The number of rotatable bonds is 5. The highest BCUT2D eigenvalue weighted by molar-refractivity contribution is 5.53. The minimum Gasteiger partial charge on any atom is -0.497 e. The van der Waals surface area contributed by atoms with E-state index in [1.54, 1.807) is 7.11 Å². The second-order valence-corrected chi connectivity index (χ2v) is 4.95. The van der Waals surface area contributed by atoms with Crippen LogP contribution in [0.2, 0.25) is 0 Å². The summed E-state index contributed by atoms with van der Waals surface area (Å²) >= 11 is 0. The van der Waals surface area contributed by atoms with Crippen LogP contribution >= 0.6 is 0 Å². The molecule has 5 heteroatoms. The van der Waals surface area contributed by atoms with Gasteiger partial charge < -0.3 is 14.5 Å². The topological polar surface area (TPSA) is 60.2 Å². The first kappa shape index (κ1) is 14.1. The van der Waals surface area contributed by atoms with E-state index < -0.39 is 0 Å². The van der Waals surface area contributed by atoms with Crippen LogP contribution in [0.5, 0.6) is 5.75 Å². The predicted molar refractivity (Wildman–Crippen MR) is 84.8 cm³/mol. The Bertz CT molecular complexity index is 751. The van der Waals surface area contributed by atoms with E-state index in [-0.39, 0.29) is 0 Å². The lowest BCUT2D eigenvalue weighted by Gasteiger charge is -2.05. The zero-order chi connectivity index (χ0) is 15.4. The van der Waals surface area contributed by atoms with Crippen LogP contribution in [0.25, 0.3) is 11.5 Å². The number of hydrogen-bond acceptors (Lipinski definition) is 5. The van der Waals surface area contributed by atoms with Crippen molar-refractivity contribution in [1.82, 2.24) is 10.2 Å². The van der Waals surface area contributed by atoms with Crippen LogP contribution in [-0.4, -0.2) is 17.3 Å². The van der Waals surface area contributed by atoms with E-state index in [9.17, 15) is 0 Å². The fourth-order valence-electron chi connectivity index (χ4n) is 2.05. The summed E-state index contributed by atoms with van der Waals surface area (Å²) in [6.45, 7) is 2.51. The molecule has 3 rings (SSSR count). The molecular formula is C17H17N3O2. The number of ether oxygens (including phenoxy) is 1. The van der Waals surface area contributed by atoms with Gasteiger partial charge in [0.2, 0.25) is 11.8 Å². The van der Waals surface area contributed by atoms with E-state index in [0.717, 1.165) is 17.0 Å². The summed E-state index contributed by atoms with van der Waals surface area (Å²) in [7, 11) is 1.64. The third kappa shape index (κ3) is 3.25. The molecule has 0 spiro atoms. The molecule has 112 valence electrons. The number of hydrogen-bond donors (Lipinski definition) is 1. The Kier molecular flexibility index (Phi) is 4.05. The van der Waals surface area contributed by atoms with Gasteiger partial charge in [0.05, 0.1) is 13.7 Å². The molecule has 0 amide bonds. The van der Waals surface area contributed by atoms with Crippen LogP contribution in [0, 0.1) is 6.92 Å². The average molecular weight is 295 g/mol. The number of aromatic nitrogens is 2. The smallest absolute Gasteiger partial charge is 0.247 e. The first-order valence-electron chi connectivity index (χ1n) is 7.02. The van der Waals surface area contributed by atoms with Gasteiger partial charge in [-0.25, -0.2) is 0 Å². The SMILES string of the molecule is COc1cccc(NCc2nnc(-c3ccc(C)cc3)o2)c1. The number of benzene rings is 2. The first-order valence-corrected chi connectivity index (χ1v) is 7.02. The summed E-state index contributed by atoms with van der Waals surface area (Å²) in [5.74, 6) is 1.87. The molecule has 3 aromatic rings. The van der Waals surface area contributed by atoms with Gasteiger partial charge in [0.25, 0.3) is 0 Å². The van der Waals surface area contributed by atoms with E-state index in [2.05, 4.69) is 15.5 Å². The van der Waals surface area contributed by atoms with Crippen LogP contribution in [-0.2, 0) is 6.54 Å². The zero-order valence-corrected chi connectivity index (χ0v) is 12.5. The van der Waals surface area contributed by atoms with Crippen LogP contribution < -0.4 is 10.1 Å². The van der Waals surface area contributed by atoms with Gasteiger partial charge in [0, 0.05) is 17.3 Å². The molecule has 0 bridgehead atoms. The summed E-state index contributed by atoms with van der Waals surface area (Å²) in [5.41, 5.74) is 3.06. The Morgan fingerprint density at radius 1 is 1.09 bits per heavy atom. The Morgan fingerprint density at radius 3 is 2.68 bits per heavy atom. The molecule has 1 heterocycles. The van der Waals surface area contributed by atoms with Crippen molar-refractivity contribution >= 4 is 5.69 Å². The minimum absolute atomic E-state index is 0.464. The molecule has 2 aromatic carbocycles. The van der Waals surface area contributed by atoms with Gasteiger partial charge in [-0.1, -0.05) is 23.8 Å². The van der Waals surface area contributed by atoms with Crippen molar-refractivity contribution in [1.29, 1.82) is 0 Å². The molecule has 0 atom stereocenters. The van der Waals surface area contributed by atoms with Crippen LogP contribution in [0.15, 0.2) is 52.9 Å². The average Bonchev–Trinajstić information content (AvgIpc) is 3.03. The normalized spacial score (nSPS) is 10.5. The molecule has 0 saturated carbocycles. The lowest BCUT2D eigenvalue weighted by molar-refractivity contribution is 0.415. The van der Waals surface area contributed by atoms with Gasteiger partial charge in [-0.05, 0) is 31.2 Å². The maximum Gasteiger partial charge on any atom is 0.247 e. The van der Waals surface area contributed by atoms with E-state index in [1.165, 1.54) is 5.56 Å². The van der Waals surface area contributed by atoms with Crippen LogP contribution in [0.1, 0.15) is 11.5 Å². The fourth-order valence-corrected chi connectivity index (χ4v) is 2.05. The molecule has 0 aliphatic carbocycles. The molecule has 1 N–H and O–H groups in total. The van der Waals surface area contributed by atoms with Crippen LogP contribution in [0.4, 0.5) is 5.69 Å². The second kappa shape index (κ2) is 6.30. The van der Waals surface area contributed by atoms with Crippen molar-refractivity contribution in [3.8, 4) is 17.2 Å². The summed E-state index contributed by atoms with van der Waals surface area (Å²) < 4.78 is 10.9. The molecule has 0 radical (unpaired) electrons. The highest BCUT2D eigenvalue weighted by atomic mass is 16.5. The molecule has 0 fully saturated rings. The highest BCUT2D eigenvalue weighted by Gasteiger charge is 2.08. The van der Waals surface area contributed by atoms with E-state index >= 15 is 0 Å². The standard InChI is InChI=1S/C17H17N3O2/c1-12-6-8-13(9-7-12)17-20-19-16(22-17)11-18-14-4-3-5-15(10-14)21-2/h3-10,18H,11H2,1-2H3. The number of aryl methyl sites for hydroxylation is 1.